The fourth-order valence-electron chi connectivity index (χ4n) is 1.24. The SMILES string of the molecule is COC(C)C(=O)NCc1ccc(S(N)(=O)=O)cc1. The topological polar surface area (TPSA) is 98.5 Å². The highest BCUT2D eigenvalue weighted by Crippen LogP contribution is 2.08. The van der Waals surface area contributed by atoms with Gasteiger partial charge >= 0.3 is 0 Å². The highest BCUT2D eigenvalue weighted by atomic mass is 32.2. The third-order valence-electron chi connectivity index (χ3n) is 2.44. The highest BCUT2D eigenvalue weighted by Gasteiger charge is 2.11. The van der Waals surface area contributed by atoms with Gasteiger partial charge in [-0.2, -0.15) is 0 Å². The molecule has 100 valence electrons. The quantitative estimate of drug-likeness (QED) is 0.787. The molecule has 0 aromatic heterocycles. The molecule has 0 aliphatic heterocycles. The summed E-state index contributed by atoms with van der Waals surface area (Å²) in [7, 11) is -2.23. The van der Waals surface area contributed by atoms with Gasteiger partial charge in [0.15, 0.2) is 0 Å². The van der Waals surface area contributed by atoms with E-state index in [9.17, 15) is 13.2 Å². The first-order valence-corrected chi connectivity index (χ1v) is 6.81. The van der Waals surface area contributed by atoms with Crippen molar-refractivity contribution in [3.05, 3.63) is 29.8 Å². The van der Waals surface area contributed by atoms with Crippen molar-refractivity contribution in [2.24, 2.45) is 5.14 Å². The van der Waals surface area contributed by atoms with E-state index in [1.165, 1.54) is 19.2 Å². The number of ether oxygens (including phenoxy) is 1. The molecule has 1 aromatic rings. The van der Waals surface area contributed by atoms with Crippen LogP contribution in [0.2, 0.25) is 0 Å². The normalized spacial score (nSPS) is 13.1. The first-order valence-electron chi connectivity index (χ1n) is 5.27. The number of carbonyl (C=O) groups is 1. The minimum absolute atomic E-state index is 0.0443. The lowest BCUT2D eigenvalue weighted by Gasteiger charge is -2.10. The second-order valence-electron chi connectivity index (χ2n) is 3.78. The van der Waals surface area contributed by atoms with E-state index >= 15 is 0 Å². The van der Waals surface area contributed by atoms with Crippen LogP contribution in [0.4, 0.5) is 0 Å². The van der Waals surface area contributed by atoms with Gasteiger partial charge in [-0.1, -0.05) is 12.1 Å². The lowest BCUT2D eigenvalue weighted by molar-refractivity contribution is -0.130. The zero-order chi connectivity index (χ0) is 13.8. The van der Waals surface area contributed by atoms with E-state index in [4.69, 9.17) is 9.88 Å². The van der Waals surface area contributed by atoms with Crippen molar-refractivity contribution in [3.63, 3.8) is 0 Å². The fourth-order valence-corrected chi connectivity index (χ4v) is 1.75. The Balaban J connectivity index is 2.63. The maximum Gasteiger partial charge on any atom is 0.249 e. The van der Waals surface area contributed by atoms with Crippen LogP contribution in [0.3, 0.4) is 0 Å². The largest absolute Gasteiger partial charge is 0.372 e. The van der Waals surface area contributed by atoms with Crippen LogP contribution in [0.15, 0.2) is 29.2 Å². The molecule has 0 radical (unpaired) electrons. The average molecular weight is 272 g/mol. The summed E-state index contributed by atoms with van der Waals surface area (Å²) in [5.74, 6) is -0.229. The molecule has 7 heteroatoms. The number of rotatable bonds is 5. The maximum absolute atomic E-state index is 11.4. The van der Waals surface area contributed by atoms with Gasteiger partial charge in [-0.05, 0) is 24.6 Å². The number of hydrogen-bond acceptors (Lipinski definition) is 4. The van der Waals surface area contributed by atoms with Crippen molar-refractivity contribution in [3.8, 4) is 0 Å². The molecule has 0 saturated carbocycles. The predicted octanol–water partition coefficient (Wildman–Crippen LogP) is -0.0149. The van der Waals surface area contributed by atoms with Crippen LogP contribution in [0, 0.1) is 0 Å². The number of sulfonamides is 1. The second kappa shape index (κ2) is 5.94. The Morgan fingerprint density at radius 2 is 1.94 bits per heavy atom. The summed E-state index contributed by atoms with van der Waals surface area (Å²) in [6, 6.07) is 5.99. The van der Waals surface area contributed by atoms with Gasteiger partial charge in [-0.25, -0.2) is 13.6 Å². The third-order valence-corrected chi connectivity index (χ3v) is 3.37. The Kier molecular flexibility index (Phi) is 4.83. The molecule has 3 N–H and O–H groups in total. The molecule has 6 nitrogen and oxygen atoms in total. The number of carbonyl (C=O) groups excluding carboxylic acids is 1. The standard InChI is InChI=1S/C11H16N2O4S/c1-8(17-2)11(14)13-7-9-3-5-10(6-4-9)18(12,15)16/h3-6,8H,7H2,1-2H3,(H,13,14)(H2,12,15,16). The summed E-state index contributed by atoms with van der Waals surface area (Å²) in [5, 5.41) is 7.64. The van der Waals surface area contributed by atoms with Gasteiger partial charge < -0.3 is 10.1 Å². The van der Waals surface area contributed by atoms with Crippen LogP contribution in [0.1, 0.15) is 12.5 Å². The van der Waals surface area contributed by atoms with E-state index in [1.54, 1.807) is 19.1 Å². The molecule has 0 spiro atoms. The zero-order valence-electron chi connectivity index (χ0n) is 10.2. The highest BCUT2D eigenvalue weighted by molar-refractivity contribution is 7.89. The van der Waals surface area contributed by atoms with E-state index in [0.29, 0.717) is 6.54 Å². The molecule has 0 fully saturated rings. The molecule has 0 saturated heterocycles. The number of nitrogens with one attached hydrogen (secondary N) is 1. The van der Waals surface area contributed by atoms with Crippen molar-refractivity contribution in [1.29, 1.82) is 0 Å². The van der Waals surface area contributed by atoms with Crippen LogP contribution in [0.25, 0.3) is 0 Å². The number of benzene rings is 1. The number of primary sulfonamides is 1. The van der Waals surface area contributed by atoms with E-state index in [0.717, 1.165) is 5.56 Å². The Hall–Kier alpha value is -1.44. The van der Waals surface area contributed by atoms with Crippen molar-refractivity contribution in [2.75, 3.05) is 7.11 Å². The third kappa shape index (κ3) is 4.10. The summed E-state index contributed by atoms with van der Waals surface area (Å²) in [4.78, 5) is 11.5. The maximum atomic E-state index is 11.4. The molecule has 0 heterocycles. The van der Waals surface area contributed by atoms with Crippen LogP contribution in [0.5, 0.6) is 0 Å². The summed E-state index contributed by atoms with van der Waals surface area (Å²) in [5.41, 5.74) is 0.777. The molecule has 1 unspecified atom stereocenters. The van der Waals surface area contributed by atoms with Crippen molar-refractivity contribution in [2.45, 2.75) is 24.5 Å². The predicted molar refractivity (Wildman–Crippen MR) is 66.1 cm³/mol. The Morgan fingerprint density at radius 1 is 1.39 bits per heavy atom. The number of nitrogens with two attached hydrogens (primary N) is 1. The molecule has 0 aliphatic carbocycles. The average Bonchev–Trinajstić information content (AvgIpc) is 2.34. The van der Waals surface area contributed by atoms with Crippen LogP contribution < -0.4 is 10.5 Å². The monoisotopic (exact) mass is 272 g/mol. The molecule has 18 heavy (non-hydrogen) atoms. The van der Waals surface area contributed by atoms with E-state index in [1.807, 2.05) is 0 Å². The molecule has 0 aliphatic rings. The van der Waals surface area contributed by atoms with Gasteiger partial charge in [-0.15, -0.1) is 0 Å². The van der Waals surface area contributed by atoms with E-state index < -0.39 is 16.1 Å². The number of methoxy groups -OCH3 is 1. The smallest absolute Gasteiger partial charge is 0.249 e. The molecule has 1 aromatic carbocycles. The number of amides is 1. The van der Waals surface area contributed by atoms with Gasteiger partial charge in [0, 0.05) is 13.7 Å². The first kappa shape index (κ1) is 14.6. The summed E-state index contributed by atoms with van der Waals surface area (Å²) < 4.78 is 26.9. The Bertz CT molecular complexity index is 510. The van der Waals surface area contributed by atoms with Crippen LogP contribution in [-0.4, -0.2) is 27.5 Å². The fraction of sp³-hybridized carbons (Fsp3) is 0.364. The first-order chi connectivity index (χ1) is 8.34. The van der Waals surface area contributed by atoms with Crippen LogP contribution >= 0.6 is 0 Å². The van der Waals surface area contributed by atoms with Crippen molar-refractivity contribution in [1.82, 2.24) is 5.32 Å². The van der Waals surface area contributed by atoms with Gasteiger partial charge in [0.1, 0.15) is 6.10 Å². The van der Waals surface area contributed by atoms with Gasteiger partial charge in [0.2, 0.25) is 15.9 Å². The summed E-state index contributed by atoms with van der Waals surface area (Å²) in [6.07, 6.45) is -0.520. The lowest BCUT2D eigenvalue weighted by Crippen LogP contribution is -2.33. The molecule has 1 atom stereocenters. The molecule has 1 rings (SSSR count). The minimum atomic E-state index is -3.68. The van der Waals surface area contributed by atoms with Gasteiger partial charge in [0.25, 0.3) is 0 Å². The second-order valence-corrected chi connectivity index (χ2v) is 5.35. The van der Waals surface area contributed by atoms with Crippen LogP contribution in [-0.2, 0) is 26.1 Å². The summed E-state index contributed by atoms with van der Waals surface area (Å²) >= 11 is 0. The van der Waals surface area contributed by atoms with E-state index in [-0.39, 0.29) is 10.8 Å². The van der Waals surface area contributed by atoms with Crippen molar-refractivity contribution >= 4 is 15.9 Å². The number of hydrogen-bond donors (Lipinski definition) is 2. The Morgan fingerprint density at radius 3 is 2.39 bits per heavy atom. The molecule has 0 bridgehead atoms. The van der Waals surface area contributed by atoms with E-state index in [2.05, 4.69) is 5.32 Å². The minimum Gasteiger partial charge on any atom is -0.372 e. The van der Waals surface area contributed by atoms with Gasteiger partial charge in [0.05, 0.1) is 4.90 Å². The molecular formula is C11H16N2O4S. The molecular weight excluding hydrogens is 256 g/mol. The van der Waals surface area contributed by atoms with Crippen molar-refractivity contribution < 1.29 is 17.9 Å². The zero-order valence-corrected chi connectivity index (χ0v) is 11.0. The Labute approximate surface area is 106 Å². The van der Waals surface area contributed by atoms with Gasteiger partial charge in [-0.3, -0.25) is 4.79 Å². The lowest BCUT2D eigenvalue weighted by atomic mass is 10.2. The molecule has 1 amide bonds. The summed E-state index contributed by atoms with van der Waals surface area (Å²) in [6.45, 7) is 1.94.